The summed E-state index contributed by atoms with van der Waals surface area (Å²) in [4.78, 5) is 39.0. The molecule has 0 fully saturated rings. The molecule has 8 nitrogen and oxygen atoms in total. The minimum absolute atomic E-state index is 0. The van der Waals surface area contributed by atoms with Crippen LogP contribution < -0.4 is 121 Å². The molecule has 0 saturated carbocycles. The molecule has 0 saturated heterocycles. The predicted octanol–water partition coefficient (Wildman–Crippen LogP) is -11.5. The summed E-state index contributed by atoms with van der Waals surface area (Å²) in [6.45, 7) is 5.90. The number of hydrogen-bond acceptors (Lipinski definition) is 6. The fraction of sp³-hybridized carbons (Fsp3) is 0.200. The number of hydrogen-bond donors (Lipinski definition) is 2. The van der Waals surface area contributed by atoms with Gasteiger partial charge in [0.15, 0.2) is 0 Å². The number of carboxylic acid groups (broad SMARTS) is 4. The van der Waals surface area contributed by atoms with E-state index in [4.69, 9.17) is 10.2 Å². The van der Waals surface area contributed by atoms with E-state index in [0.29, 0.717) is 0 Å². The Morgan fingerprint density at radius 2 is 0.952 bits per heavy atom. The summed E-state index contributed by atoms with van der Waals surface area (Å²) in [6, 6.07) is 0. The van der Waals surface area contributed by atoms with E-state index in [1.807, 2.05) is 0 Å². The maximum atomic E-state index is 9.76. The monoisotopic (exact) mass is 343 g/mol. The topological polar surface area (TPSA) is 155 Å². The van der Waals surface area contributed by atoms with Crippen LogP contribution in [0, 0.1) is 0 Å². The molecule has 0 unspecified atom stereocenters. The minimum Gasteiger partial charge on any atom is -0.545 e. The molecule has 11 heteroatoms. The summed E-state index contributed by atoms with van der Waals surface area (Å²) >= 11 is 0. The molecule has 0 aromatic heterocycles. The Kier molecular flexibility index (Phi) is 30.4. The summed E-state index contributed by atoms with van der Waals surface area (Å²) in [5.74, 6) is -5.47. The van der Waals surface area contributed by atoms with E-state index in [0.717, 1.165) is 0 Å². The van der Waals surface area contributed by atoms with Crippen molar-refractivity contribution < 1.29 is 150 Å². The van der Waals surface area contributed by atoms with Crippen LogP contribution in [0.2, 0.25) is 0 Å². The molecule has 0 aliphatic heterocycles. The van der Waals surface area contributed by atoms with E-state index in [-0.39, 0.29) is 110 Å². The van der Waals surface area contributed by atoms with E-state index in [2.05, 4.69) is 13.2 Å². The van der Waals surface area contributed by atoms with Gasteiger partial charge in [-0.05, 0) is 11.1 Å². The Labute approximate surface area is 207 Å². The van der Waals surface area contributed by atoms with Crippen molar-refractivity contribution in [1.82, 2.24) is 0 Å². The first-order chi connectivity index (χ1) is 8.07. The Hall–Kier alpha value is 0.996. The summed E-state index contributed by atoms with van der Waals surface area (Å²) < 4.78 is 0. The van der Waals surface area contributed by atoms with Gasteiger partial charge in [-0.2, -0.15) is 0 Å². The van der Waals surface area contributed by atoms with Crippen LogP contribution in [0.25, 0.3) is 0 Å². The van der Waals surface area contributed by atoms with Crippen molar-refractivity contribution in [2.24, 2.45) is 0 Å². The second-order valence-corrected chi connectivity index (χ2v) is 2.92. The Morgan fingerprint density at radius 1 is 0.762 bits per heavy atom. The van der Waals surface area contributed by atoms with Crippen LogP contribution in [0.3, 0.4) is 0 Å². The third kappa shape index (κ3) is 26.2. The van der Waals surface area contributed by atoms with Gasteiger partial charge in [0, 0.05) is 0 Å². The molecule has 0 bridgehead atoms. The maximum absolute atomic E-state index is 9.76. The molecule has 0 spiro atoms. The molecular formula is C10H10KNa2O8+. The molecule has 0 aliphatic carbocycles. The second kappa shape index (κ2) is 19.0. The van der Waals surface area contributed by atoms with Gasteiger partial charge < -0.3 is 30.0 Å². The molecule has 0 amide bonds. The SMILES string of the molecule is C=C(CC(=O)O)C(=O)[O-].C=C(CC(=O)O)C(=O)[O-].[K+].[Na+].[Na+]. The fourth-order valence-corrected chi connectivity index (χ4v) is 0.509. The smallest absolute Gasteiger partial charge is 0.545 e. The molecule has 0 rings (SSSR count). The van der Waals surface area contributed by atoms with E-state index in [1.54, 1.807) is 0 Å². The predicted molar refractivity (Wildman–Crippen MR) is 52.8 cm³/mol. The van der Waals surface area contributed by atoms with Gasteiger partial charge in [-0.1, -0.05) is 13.2 Å². The van der Waals surface area contributed by atoms with Crippen LogP contribution in [0.5, 0.6) is 0 Å². The Balaban J connectivity index is -0.0000000711. The first-order valence-electron chi connectivity index (χ1n) is 4.29. The van der Waals surface area contributed by atoms with Crippen molar-refractivity contribution >= 4 is 23.9 Å². The zero-order valence-electron chi connectivity index (χ0n) is 12.2. The van der Waals surface area contributed by atoms with Crippen LogP contribution in [0.1, 0.15) is 12.8 Å². The van der Waals surface area contributed by atoms with E-state index < -0.39 is 47.9 Å². The van der Waals surface area contributed by atoms with Gasteiger partial charge in [0.1, 0.15) is 0 Å². The van der Waals surface area contributed by atoms with Crippen molar-refractivity contribution in [3.05, 3.63) is 24.3 Å². The van der Waals surface area contributed by atoms with Gasteiger partial charge in [-0.25, -0.2) is 0 Å². The van der Waals surface area contributed by atoms with Crippen LogP contribution in [0.4, 0.5) is 0 Å². The first kappa shape index (κ1) is 33.6. The average Bonchev–Trinajstić information content (AvgIpc) is 2.16. The average molecular weight is 343 g/mol. The van der Waals surface area contributed by atoms with Gasteiger partial charge in [-0.3, -0.25) is 9.59 Å². The summed E-state index contributed by atoms with van der Waals surface area (Å²) in [5.41, 5.74) is -0.829. The van der Waals surface area contributed by atoms with Gasteiger partial charge >= 0.3 is 122 Å². The van der Waals surface area contributed by atoms with Crippen molar-refractivity contribution in [2.75, 3.05) is 0 Å². The van der Waals surface area contributed by atoms with Gasteiger partial charge in [0.25, 0.3) is 0 Å². The van der Waals surface area contributed by atoms with Crippen LogP contribution in [-0.4, -0.2) is 34.1 Å². The van der Waals surface area contributed by atoms with Crippen molar-refractivity contribution in [3.63, 3.8) is 0 Å². The van der Waals surface area contributed by atoms with Crippen LogP contribution in [-0.2, 0) is 19.2 Å². The third-order valence-corrected chi connectivity index (χ3v) is 1.31. The molecule has 0 radical (unpaired) electrons. The number of rotatable bonds is 6. The van der Waals surface area contributed by atoms with Gasteiger partial charge in [-0.15, -0.1) is 0 Å². The van der Waals surface area contributed by atoms with Gasteiger partial charge in [0.2, 0.25) is 0 Å². The van der Waals surface area contributed by atoms with E-state index in [1.165, 1.54) is 0 Å². The summed E-state index contributed by atoms with van der Waals surface area (Å²) in [6.07, 6.45) is -1.13. The normalized spacial score (nSPS) is 7.24. The molecule has 0 aliphatic rings. The molecule has 100 valence electrons. The molecule has 0 heterocycles. The van der Waals surface area contributed by atoms with Gasteiger partial charge in [0.05, 0.1) is 24.8 Å². The molecule has 21 heavy (non-hydrogen) atoms. The minimum atomic E-state index is -1.52. The van der Waals surface area contributed by atoms with Crippen LogP contribution >= 0.6 is 0 Å². The maximum Gasteiger partial charge on any atom is 1.00 e. The number of carbonyl (C=O) groups is 4. The van der Waals surface area contributed by atoms with E-state index >= 15 is 0 Å². The van der Waals surface area contributed by atoms with Crippen molar-refractivity contribution in [2.45, 2.75) is 12.8 Å². The number of carbonyl (C=O) groups excluding carboxylic acids is 2. The Morgan fingerprint density at radius 3 is 1.00 bits per heavy atom. The summed E-state index contributed by atoms with van der Waals surface area (Å²) in [5, 5.41) is 35.5. The fourth-order valence-electron chi connectivity index (χ4n) is 0.509. The summed E-state index contributed by atoms with van der Waals surface area (Å²) in [7, 11) is 0. The number of carboxylic acids is 4. The molecular weight excluding hydrogens is 333 g/mol. The largest absolute Gasteiger partial charge is 1.00 e. The zero-order valence-corrected chi connectivity index (χ0v) is 19.3. The number of aliphatic carboxylic acids is 4. The standard InChI is InChI=1S/2C5H6O4.K.2Na/c2*1-3(5(8)9)2-4(6)7;;;/h2*1-2H2,(H,6,7)(H,8,9);;;/q;;3*+1/p-2. The Bertz CT molecular complexity index is 370. The molecule has 2 N–H and O–H groups in total. The molecule has 0 aromatic rings. The third-order valence-electron chi connectivity index (χ3n) is 1.31. The molecule has 0 aromatic carbocycles. The first-order valence-corrected chi connectivity index (χ1v) is 4.29. The van der Waals surface area contributed by atoms with Crippen molar-refractivity contribution in [3.8, 4) is 0 Å². The van der Waals surface area contributed by atoms with E-state index in [9.17, 15) is 29.4 Å². The van der Waals surface area contributed by atoms with Crippen molar-refractivity contribution in [1.29, 1.82) is 0 Å². The second-order valence-electron chi connectivity index (χ2n) is 2.92. The zero-order chi connectivity index (χ0) is 14.9. The van der Waals surface area contributed by atoms with Crippen LogP contribution in [0.15, 0.2) is 24.3 Å². The quantitative estimate of drug-likeness (QED) is 0.356. The molecule has 0 atom stereocenters.